The van der Waals surface area contributed by atoms with Crippen LogP contribution < -0.4 is 5.32 Å². The maximum atomic E-state index is 10.5. The quantitative estimate of drug-likeness (QED) is 0.710. The van der Waals surface area contributed by atoms with Crippen LogP contribution in [0.1, 0.15) is 10.5 Å². The van der Waals surface area contributed by atoms with Gasteiger partial charge in [0.2, 0.25) is 0 Å². The molecule has 6 nitrogen and oxygen atoms in total. The molecular weight excluding hydrogens is 204 g/mol. The van der Waals surface area contributed by atoms with Gasteiger partial charge in [-0.1, -0.05) is 0 Å². The van der Waals surface area contributed by atoms with Crippen molar-refractivity contribution in [1.29, 1.82) is 0 Å². The molecule has 0 unspecified atom stereocenters. The smallest absolute Gasteiger partial charge is 0.355 e. The number of hydrogen-bond acceptors (Lipinski definition) is 5. The lowest BCUT2D eigenvalue weighted by Crippen LogP contribution is -1.96. The van der Waals surface area contributed by atoms with E-state index in [2.05, 4.69) is 20.5 Å². The zero-order valence-corrected chi connectivity index (χ0v) is 7.71. The highest BCUT2D eigenvalue weighted by atomic mass is 32.1. The van der Waals surface area contributed by atoms with E-state index in [9.17, 15) is 4.79 Å². The predicted molar refractivity (Wildman–Crippen MR) is 50.9 cm³/mol. The van der Waals surface area contributed by atoms with E-state index >= 15 is 0 Å². The van der Waals surface area contributed by atoms with E-state index < -0.39 is 5.97 Å². The average Bonchev–Trinajstić information content (AvgIpc) is 2.75. The molecule has 2 heterocycles. The topological polar surface area (TPSA) is 90.9 Å². The number of carboxylic acid groups (broad SMARTS) is 1. The Bertz CT molecular complexity index is 436. The van der Waals surface area contributed by atoms with Crippen LogP contribution in [0.3, 0.4) is 0 Å². The fourth-order valence-electron chi connectivity index (χ4n) is 0.872. The first-order valence-electron chi connectivity index (χ1n) is 3.70. The summed E-state index contributed by atoms with van der Waals surface area (Å²) >= 11 is 1.23. The molecule has 0 fully saturated rings. The second kappa shape index (κ2) is 3.46. The monoisotopic (exact) mass is 210 g/mol. The largest absolute Gasteiger partial charge is 0.476 e. The van der Waals surface area contributed by atoms with E-state index in [-0.39, 0.29) is 5.69 Å². The second-order valence-corrected chi connectivity index (χ2v) is 3.31. The first kappa shape index (κ1) is 8.70. The Kier molecular flexibility index (Phi) is 2.15. The third-order valence-electron chi connectivity index (χ3n) is 1.47. The first-order chi connectivity index (χ1) is 6.75. The Morgan fingerprint density at radius 3 is 3.07 bits per heavy atom. The van der Waals surface area contributed by atoms with Crippen molar-refractivity contribution >= 4 is 28.1 Å². The molecule has 0 aromatic carbocycles. The van der Waals surface area contributed by atoms with Gasteiger partial charge < -0.3 is 10.4 Å². The third-order valence-corrected chi connectivity index (χ3v) is 2.23. The van der Waals surface area contributed by atoms with Gasteiger partial charge in [-0.25, -0.2) is 9.78 Å². The van der Waals surface area contributed by atoms with Gasteiger partial charge in [0.05, 0.1) is 11.9 Å². The fourth-order valence-corrected chi connectivity index (χ4v) is 1.58. The number of aromatic nitrogens is 3. The Morgan fingerprint density at radius 2 is 2.50 bits per heavy atom. The number of nitrogens with one attached hydrogen (secondary N) is 2. The summed E-state index contributed by atoms with van der Waals surface area (Å²) in [7, 11) is 0. The van der Waals surface area contributed by atoms with Crippen molar-refractivity contribution in [3.63, 3.8) is 0 Å². The van der Waals surface area contributed by atoms with Gasteiger partial charge in [0.15, 0.2) is 10.8 Å². The van der Waals surface area contributed by atoms with Crippen molar-refractivity contribution in [2.45, 2.75) is 0 Å². The normalized spacial score (nSPS) is 10.0. The molecule has 7 heteroatoms. The molecule has 0 amide bonds. The molecule has 2 aromatic heterocycles. The van der Waals surface area contributed by atoms with Crippen LogP contribution in [-0.4, -0.2) is 26.3 Å². The minimum atomic E-state index is -1.03. The highest BCUT2D eigenvalue weighted by Gasteiger charge is 2.08. The number of carbonyl (C=O) groups is 1. The van der Waals surface area contributed by atoms with E-state index in [1.54, 1.807) is 12.4 Å². The standard InChI is InChI=1S/C7H6N4O2S/c12-6(13)5-3-14-7(11-5)10-4-1-8-9-2-4/h1-3H,(H,8,9)(H,10,11)(H,12,13). The van der Waals surface area contributed by atoms with Crippen LogP contribution in [0.2, 0.25) is 0 Å². The fraction of sp³-hybridized carbons (Fsp3) is 0. The number of anilines is 2. The third kappa shape index (κ3) is 1.72. The SMILES string of the molecule is O=C(O)c1csc(Nc2cn[nH]c2)n1. The lowest BCUT2D eigenvalue weighted by Gasteiger charge is -1.94. The van der Waals surface area contributed by atoms with Gasteiger partial charge in [0.25, 0.3) is 0 Å². The number of nitrogens with zero attached hydrogens (tertiary/aromatic N) is 2. The van der Waals surface area contributed by atoms with Gasteiger partial charge >= 0.3 is 5.97 Å². The number of hydrogen-bond donors (Lipinski definition) is 3. The van der Waals surface area contributed by atoms with Crippen LogP contribution in [0.15, 0.2) is 17.8 Å². The molecule has 0 atom stereocenters. The first-order valence-corrected chi connectivity index (χ1v) is 4.58. The lowest BCUT2D eigenvalue weighted by molar-refractivity contribution is 0.0691. The van der Waals surface area contributed by atoms with E-state index in [1.165, 1.54) is 16.7 Å². The molecule has 2 aromatic rings. The van der Waals surface area contributed by atoms with Gasteiger partial charge in [-0.2, -0.15) is 5.10 Å². The van der Waals surface area contributed by atoms with Gasteiger partial charge in [0.1, 0.15) is 0 Å². The maximum absolute atomic E-state index is 10.5. The Labute approximate surface area is 82.6 Å². The van der Waals surface area contributed by atoms with E-state index in [0.29, 0.717) is 5.13 Å². The van der Waals surface area contributed by atoms with Crippen molar-refractivity contribution in [3.05, 3.63) is 23.5 Å². The molecule has 0 saturated heterocycles. The zero-order valence-electron chi connectivity index (χ0n) is 6.89. The Morgan fingerprint density at radius 1 is 1.64 bits per heavy atom. The lowest BCUT2D eigenvalue weighted by atomic mass is 10.5. The van der Waals surface area contributed by atoms with Crippen molar-refractivity contribution < 1.29 is 9.90 Å². The number of carboxylic acids is 1. The number of H-pyrrole nitrogens is 1. The minimum absolute atomic E-state index is 0.0426. The summed E-state index contributed by atoms with van der Waals surface area (Å²) in [6.07, 6.45) is 3.24. The van der Waals surface area contributed by atoms with E-state index in [1.807, 2.05) is 0 Å². The van der Waals surface area contributed by atoms with Crippen LogP contribution in [0.4, 0.5) is 10.8 Å². The number of rotatable bonds is 3. The van der Waals surface area contributed by atoms with Crippen molar-refractivity contribution in [3.8, 4) is 0 Å². The minimum Gasteiger partial charge on any atom is -0.476 e. The van der Waals surface area contributed by atoms with Crippen molar-refractivity contribution in [2.24, 2.45) is 0 Å². The van der Waals surface area contributed by atoms with Gasteiger partial charge in [-0.05, 0) is 0 Å². The zero-order chi connectivity index (χ0) is 9.97. The van der Waals surface area contributed by atoms with Gasteiger partial charge in [-0.3, -0.25) is 5.10 Å². The molecule has 14 heavy (non-hydrogen) atoms. The molecule has 0 saturated carbocycles. The van der Waals surface area contributed by atoms with E-state index in [0.717, 1.165) is 5.69 Å². The van der Waals surface area contributed by atoms with Crippen molar-refractivity contribution in [2.75, 3.05) is 5.32 Å². The summed E-state index contributed by atoms with van der Waals surface area (Å²) in [6, 6.07) is 0. The molecule has 0 bridgehead atoms. The Balaban J connectivity index is 2.14. The van der Waals surface area contributed by atoms with Crippen molar-refractivity contribution in [1.82, 2.24) is 15.2 Å². The number of aromatic amines is 1. The number of thiazole rings is 1. The molecule has 0 aliphatic heterocycles. The molecule has 2 rings (SSSR count). The highest BCUT2D eigenvalue weighted by molar-refractivity contribution is 7.14. The molecule has 3 N–H and O–H groups in total. The molecule has 0 radical (unpaired) electrons. The molecule has 0 aliphatic rings. The molecule has 72 valence electrons. The summed E-state index contributed by atoms with van der Waals surface area (Å²) < 4.78 is 0. The number of aromatic carboxylic acids is 1. The predicted octanol–water partition coefficient (Wildman–Crippen LogP) is 1.31. The summed E-state index contributed by atoms with van der Waals surface area (Å²) in [6.45, 7) is 0. The van der Waals surface area contributed by atoms with Crippen LogP contribution in [0.25, 0.3) is 0 Å². The van der Waals surface area contributed by atoms with Crippen LogP contribution in [0.5, 0.6) is 0 Å². The van der Waals surface area contributed by atoms with E-state index in [4.69, 9.17) is 5.11 Å². The Hall–Kier alpha value is -1.89. The summed E-state index contributed by atoms with van der Waals surface area (Å²) in [5.74, 6) is -1.03. The van der Waals surface area contributed by atoms with Crippen LogP contribution in [-0.2, 0) is 0 Å². The second-order valence-electron chi connectivity index (χ2n) is 2.46. The van der Waals surface area contributed by atoms with Crippen LogP contribution in [0, 0.1) is 0 Å². The summed E-state index contributed by atoms with van der Waals surface area (Å²) in [5.41, 5.74) is 0.789. The molecule has 0 spiro atoms. The summed E-state index contributed by atoms with van der Waals surface area (Å²) in [5, 5.41) is 19.9. The van der Waals surface area contributed by atoms with Gasteiger partial charge in [-0.15, -0.1) is 11.3 Å². The van der Waals surface area contributed by atoms with Crippen LogP contribution >= 0.6 is 11.3 Å². The molecular formula is C7H6N4O2S. The highest BCUT2D eigenvalue weighted by Crippen LogP contribution is 2.19. The molecule has 0 aliphatic carbocycles. The van der Waals surface area contributed by atoms with Gasteiger partial charge in [0, 0.05) is 11.6 Å². The average molecular weight is 210 g/mol. The summed E-state index contributed by atoms with van der Waals surface area (Å²) in [4.78, 5) is 14.4. The maximum Gasteiger partial charge on any atom is 0.355 e.